The van der Waals surface area contributed by atoms with Gasteiger partial charge in [-0.3, -0.25) is 9.69 Å². The molecule has 3 atom stereocenters. The van der Waals surface area contributed by atoms with Gasteiger partial charge in [0.15, 0.2) is 0 Å². The lowest BCUT2D eigenvalue weighted by Crippen LogP contribution is -2.32. The molecule has 3 rings (SSSR count). The summed E-state index contributed by atoms with van der Waals surface area (Å²) in [6.45, 7) is 0.881. The monoisotopic (exact) mass is 309 g/mol. The fourth-order valence-corrected chi connectivity index (χ4v) is 3.68. The Morgan fingerprint density at radius 1 is 1.33 bits per heavy atom. The molecule has 1 N–H and O–H groups in total. The van der Waals surface area contributed by atoms with Crippen LogP contribution in [0.1, 0.15) is 24.8 Å². The number of halogens is 1. The summed E-state index contributed by atoms with van der Waals surface area (Å²) in [4.78, 5) is 13.6. The molecule has 1 aromatic carbocycles. The SMILES string of the molecule is O=C(O)C1CC2CCC1N2Cc1ccc(Br)cc1. The first-order valence-electron chi connectivity index (χ1n) is 6.38. The molecule has 0 amide bonds. The number of benzene rings is 1. The summed E-state index contributed by atoms with van der Waals surface area (Å²) in [5.41, 5.74) is 1.26. The maximum atomic E-state index is 11.2. The van der Waals surface area contributed by atoms with E-state index in [4.69, 9.17) is 0 Å². The van der Waals surface area contributed by atoms with Crippen LogP contribution in [0.5, 0.6) is 0 Å². The topological polar surface area (TPSA) is 40.5 Å². The molecular weight excluding hydrogens is 294 g/mol. The molecule has 96 valence electrons. The summed E-state index contributed by atoms with van der Waals surface area (Å²) >= 11 is 3.43. The molecule has 2 bridgehead atoms. The van der Waals surface area contributed by atoms with E-state index in [-0.39, 0.29) is 12.0 Å². The summed E-state index contributed by atoms with van der Waals surface area (Å²) < 4.78 is 1.08. The highest BCUT2D eigenvalue weighted by atomic mass is 79.9. The van der Waals surface area contributed by atoms with Crippen LogP contribution >= 0.6 is 15.9 Å². The van der Waals surface area contributed by atoms with Gasteiger partial charge in [0.2, 0.25) is 0 Å². The van der Waals surface area contributed by atoms with Gasteiger partial charge in [0, 0.05) is 23.1 Å². The summed E-state index contributed by atoms with van der Waals surface area (Å²) in [6, 6.07) is 9.02. The molecule has 2 fully saturated rings. The Balaban J connectivity index is 1.74. The van der Waals surface area contributed by atoms with Gasteiger partial charge < -0.3 is 5.11 Å². The molecule has 2 saturated heterocycles. The number of aliphatic carboxylic acids is 1. The fraction of sp³-hybridized carbons (Fsp3) is 0.500. The average Bonchev–Trinajstić information content (AvgIpc) is 2.89. The van der Waals surface area contributed by atoms with Crippen LogP contribution in [0.4, 0.5) is 0 Å². The van der Waals surface area contributed by atoms with Crippen molar-refractivity contribution in [3.8, 4) is 0 Å². The molecular formula is C14H16BrNO2. The fourth-order valence-electron chi connectivity index (χ4n) is 3.41. The first kappa shape index (κ1) is 12.2. The van der Waals surface area contributed by atoms with Crippen molar-refractivity contribution in [3.05, 3.63) is 34.3 Å². The number of hydrogen-bond acceptors (Lipinski definition) is 2. The zero-order chi connectivity index (χ0) is 12.7. The quantitative estimate of drug-likeness (QED) is 0.933. The Bertz CT molecular complexity index is 459. The van der Waals surface area contributed by atoms with Gasteiger partial charge in [-0.25, -0.2) is 0 Å². The number of carboxylic acid groups (broad SMARTS) is 1. The van der Waals surface area contributed by atoms with Crippen molar-refractivity contribution >= 4 is 21.9 Å². The van der Waals surface area contributed by atoms with E-state index < -0.39 is 5.97 Å². The summed E-state index contributed by atoms with van der Waals surface area (Å²) in [5, 5.41) is 9.22. The van der Waals surface area contributed by atoms with Crippen molar-refractivity contribution in [2.75, 3.05) is 0 Å². The zero-order valence-electron chi connectivity index (χ0n) is 10.1. The van der Waals surface area contributed by atoms with Crippen molar-refractivity contribution in [2.24, 2.45) is 5.92 Å². The minimum Gasteiger partial charge on any atom is -0.481 e. The van der Waals surface area contributed by atoms with E-state index in [9.17, 15) is 9.90 Å². The third-order valence-corrected chi connectivity index (χ3v) is 4.81. The second-order valence-electron chi connectivity index (χ2n) is 5.28. The highest BCUT2D eigenvalue weighted by Gasteiger charge is 2.48. The molecule has 4 heteroatoms. The van der Waals surface area contributed by atoms with Crippen LogP contribution in [0.2, 0.25) is 0 Å². The molecule has 0 saturated carbocycles. The zero-order valence-corrected chi connectivity index (χ0v) is 11.6. The minimum atomic E-state index is -0.622. The van der Waals surface area contributed by atoms with Crippen LogP contribution in [-0.4, -0.2) is 28.1 Å². The molecule has 0 aliphatic carbocycles. The van der Waals surface area contributed by atoms with Crippen molar-refractivity contribution in [3.63, 3.8) is 0 Å². The lowest BCUT2D eigenvalue weighted by atomic mass is 9.89. The standard InChI is InChI=1S/C14H16BrNO2/c15-10-3-1-9(2-4-10)8-16-11-5-6-13(16)12(7-11)14(17)18/h1-4,11-13H,5-8H2,(H,17,18). The normalized spacial score (nSPS) is 30.8. The predicted octanol–water partition coefficient (Wildman–Crippen LogP) is 2.89. The van der Waals surface area contributed by atoms with Gasteiger partial charge >= 0.3 is 5.97 Å². The van der Waals surface area contributed by atoms with Crippen LogP contribution in [0.15, 0.2) is 28.7 Å². The maximum Gasteiger partial charge on any atom is 0.308 e. The van der Waals surface area contributed by atoms with Crippen LogP contribution in [-0.2, 0) is 11.3 Å². The van der Waals surface area contributed by atoms with Crippen molar-refractivity contribution < 1.29 is 9.90 Å². The van der Waals surface area contributed by atoms with Crippen molar-refractivity contribution in [1.82, 2.24) is 4.90 Å². The number of fused-ring (bicyclic) bond motifs is 2. The van der Waals surface area contributed by atoms with E-state index in [1.54, 1.807) is 0 Å². The number of rotatable bonds is 3. The molecule has 3 unspecified atom stereocenters. The second kappa shape index (κ2) is 4.67. The minimum absolute atomic E-state index is 0.154. The highest BCUT2D eigenvalue weighted by molar-refractivity contribution is 9.10. The van der Waals surface area contributed by atoms with Crippen LogP contribution < -0.4 is 0 Å². The van der Waals surface area contributed by atoms with Crippen LogP contribution in [0.25, 0.3) is 0 Å². The molecule has 0 aromatic heterocycles. The molecule has 0 radical (unpaired) electrons. The van der Waals surface area contributed by atoms with E-state index >= 15 is 0 Å². The maximum absolute atomic E-state index is 11.2. The van der Waals surface area contributed by atoms with Gasteiger partial charge in [-0.2, -0.15) is 0 Å². The molecule has 18 heavy (non-hydrogen) atoms. The van der Waals surface area contributed by atoms with Gasteiger partial charge in [0.1, 0.15) is 0 Å². The molecule has 2 aliphatic rings. The smallest absolute Gasteiger partial charge is 0.308 e. The van der Waals surface area contributed by atoms with Gasteiger partial charge in [0.05, 0.1) is 5.92 Å². The summed E-state index contributed by atoms with van der Waals surface area (Å²) in [6.07, 6.45) is 3.03. The predicted molar refractivity (Wildman–Crippen MR) is 72.2 cm³/mol. The summed E-state index contributed by atoms with van der Waals surface area (Å²) in [7, 11) is 0. The number of nitrogens with zero attached hydrogens (tertiary/aromatic N) is 1. The molecule has 0 spiro atoms. The third kappa shape index (κ3) is 2.08. The Hall–Kier alpha value is -0.870. The Morgan fingerprint density at radius 3 is 2.67 bits per heavy atom. The van der Waals surface area contributed by atoms with Gasteiger partial charge in [0.25, 0.3) is 0 Å². The first-order valence-corrected chi connectivity index (χ1v) is 7.17. The number of hydrogen-bond donors (Lipinski definition) is 1. The van der Waals surface area contributed by atoms with E-state index in [0.717, 1.165) is 30.3 Å². The summed E-state index contributed by atoms with van der Waals surface area (Å²) in [5.74, 6) is -0.776. The Kier molecular flexibility index (Phi) is 3.16. The van der Waals surface area contributed by atoms with Gasteiger partial charge in [-0.1, -0.05) is 28.1 Å². The Morgan fingerprint density at radius 2 is 2.06 bits per heavy atom. The first-order chi connectivity index (χ1) is 8.65. The number of carbonyl (C=O) groups is 1. The Labute approximate surface area is 115 Å². The van der Waals surface area contributed by atoms with Crippen molar-refractivity contribution in [1.29, 1.82) is 0 Å². The lowest BCUT2D eigenvalue weighted by molar-refractivity contribution is -0.142. The molecule has 2 aliphatic heterocycles. The van der Waals surface area contributed by atoms with Crippen LogP contribution in [0, 0.1) is 5.92 Å². The van der Waals surface area contributed by atoms with Gasteiger partial charge in [-0.05, 0) is 37.0 Å². The largest absolute Gasteiger partial charge is 0.481 e. The van der Waals surface area contributed by atoms with E-state index in [2.05, 4.69) is 33.0 Å². The highest BCUT2D eigenvalue weighted by Crippen LogP contribution is 2.42. The average molecular weight is 310 g/mol. The molecule has 1 aromatic rings. The number of carboxylic acids is 1. The van der Waals surface area contributed by atoms with Crippen molar-refractivity contribution in [2.45, 2.75) is 37.9 Å². The van der Waals surface area contributed by atoms with Crippen LogP contribution in [0.3, 0.4) is 0 Å². The second-order valence-corrected chi connectivity index (χ2v) is 6.19. The lowest BCUT2D eigenvalue weighted by Gasteiger charge is -2.22. The van der Waals surface area contributed by atoms with E-state index in [1.165, 1.54) is 5.56 Å². The van der Waals surface area contributed by atoms with E-state index in [0.29, 0.717) is 6.04 Å². The van der Waals surface area contributed by atoms with E-state index in [1.807, 2.05) is 12.1 Å². The van der Waals surface area contributed by atoms with Gasteiger partial charge in [-0.15, -0.1) is 0 Å². The molecule has 3 nitrogen and oxygen atoms in total. The third-order valence-electron chi connectivity index (χ3n) is 4.28. The molecule has 2 heterocycles.